The molecule has 76 valence electrons. The number of carbonyl (C=O) groups is 1. The minimum Gasteiger partial charge on any atom is -0.464 e. The van der Waals surface area contributed by atoms with Crippen molar-refractivity contribution >= 4 is 5.97 Å². The summed E-state index contributed by atoms with van der Waals surface area (Å²) in [5.74, 6) is -2.11. The van der Waals surface area contributed by atoms with E-state index in [4.69, 9.17) is 0 Å². The van der Waals surface area contributed by atoms with E-state index >= 15 is 0 Å². The van der Waals surface area contributed by atoms with Crippen molar-refractivity contribution in [3.63, 3.8) is 0 Å². The van der Waals surface area contributed by atoms with Gasteiger partial charge in [-0.05, 0) is 6.07 Å². The smallest absolute Gasteiger partial charge is 0.359 e. The third kappa shape index (κ3) is 2.01. The van der Waals surface area contributed by atoms with Gasteiger partial charge in [0, 0.05) is 11.8 Å². The van der Waals surface area contributed by atoms with Crippen LogP contribution in [0.1, 0.15) is 22.5 Å². The van der Waals surface area contributed by atoms with Crippen molar-refractivity contribution < 1.29 is 22.7 Å². The van der Waals surface area contributed by atoms with Crippen LogP contribution in [0.25, 0.3) is 0 Å². The number of alkyl halides is 2. The minimum absolute atomic E-state index is 0.559. The highest BCUT2D eigenvalue weighted by Gasteiger charge is 2.17. The monoisotopic (exact) mass is 205 g/mol. The molecule has 0 unspecified atom stereocenters. The zero-order valence-electron chi connectivity index (χ0n) is 7.13. The van der Waals surface area contributed by atoms with Crippen LogP contribution in [0, 0.1) is 5.82 Å². The summed E-state index contributed by atoms with van der Waals surface area (Å²) in [7, 11) is 1.05. The zero-order valence-corrected chi connectivity index (χ0v) is 7.13. The molecule has 1 heterocycles. The zero-order chi connectivity index (χ0) is 10.7. The molecule has 3 nitrogen and oxygen atoms in total. The average Bonchev–Trinajstić information content (AvgIpc) is 2.16. The van der Waals surface area contributed by atoms with Crippen LogP contribution in [-0.4, -0.2) is 18.1 Å². The van der Waals surface area contributed by atoms with Gasteiger partial charge in [-0.2, -0.15) is 0 Å². The van der Waals surface area contributed by atoms with Crippen LogP contribution in [0.3, 0.4) is 0 Å². The van der Waals surface area contributed by atoms with E-state index in [9.17, 15) is 18.0 Å². The molecule has 0 aliphatic heterocycles. The van der Waals surface area contributed by atoms with Crippen molar-refractivity contribution in [3.05, 3.63) is 29.3 Å². The molecule has 1 rings (SSSR count). The van der Waals surface area contributed by atoms with E-state index in [1.807, 2.05) is 0 Å². The third-order valence-corrected chi connectivity index (χ3v) is 1.49. The van der Waals surface area contributed by atoms with E-state index in [0.717, 1.165) is 13.3 Å². The van der Waals surface area contributed by atoms with E-state index in [1.54, 1.807) is 0 Å². The Bertz CT molecular complexity index is 354. The number of halogens is 3. The number of rotatable bonds is 2. The predicted octanol–water partition coefficient (Wildman–Crippen LogP) is 1.94. The van der Waals surface area contributed by atoms with Crippen molar-refractivity contribution in [1.29, 1.82) is 0 Å². The number of pyridine rings is 1. The topological polar surface area (TPSA) is 39.2 Å². The Morgan fingerprint density at radius 3 is 2.64 bits per heavy atom. The molecule has 0 saturated carbocycles. The Hall–Kier alpha value is -1.59. The first-order valence-electron chi connectivity index (χ1n) is 3.58. The molecular formula is C8H6F3NO2. The van der Waals surface area contributed by atoms with Gasteiger partial charge in [0.2, 0.25) is 0 Å². The van der Waals surface area contributed by atoms with Gasteiger partial charge in [0.05, 0.1) is 7.11 Å². The largest absolute Gasteiger partial charge is 0.464 e. The molecule has 0 radical (unpaired) electrons. The summed E-state index contributed by atoms with van der Waals surface area (Å²) in [4.78, 5) is 14.0. The molecule has 1 aromatic heterocycles. The van der Waals surface area contributed by atoms with Gasteiger partial charge >= 0.3 is 5.97 Å². The van der Waals surface area contributed by atoms with Gasteiger partial charge < -0.3 is 4.74 Å². The number of hydrogen-bond donors (Lipinski definition) is 0. The maximum absolute atomic E-state index is 13.0. The first kappa shape index (κ1) is 10.5. The lowest BCUT2D eigenvalue weighted by atomic mass is 10.2. The molecule has 1 aromatic rings. The fraction of sp³-hybridized carbons (Fsp3) is 0.250. The number of hydrogen-bond acceptors (Lipinski definition) is 3. The Kier molecular flexibility index (Phi) is 3.06. The van der Waals surface area contributed by atoms with Gasteiger partial charge in [0.1, 0.15) is 0 Å². The van der Waals surface area contributed by atoms with Crippen molar-refractivity contribution in [3.8, 4) is 0 Å². The second-order valence-corrected chi connectivity index (χ2v) is 2.39. The molecule has 0 saturated heterocycles. The number of methoxy groups -OCH3 is 1. The normalized spacial score (nSPS) is 10.4. The van der Waals surface area contributed by atoms with Crippen LogP contribution >= 0.6 is 0 Å². The highest BCUT2D eigenvalue weighted by atomic mass is 19.3. The highest BCUT2D eigenvalue weighted by Crippen LogP contribution is 2.19. The summed E-state index contributed by atoms with van der Waals surface area (Å²) >= 11 is 0. The van der Waals surface area contributed by atoms with Crippen molar-refractivity contribution in [2.45, 2.75) is 6.43 Å². The van der Waals surface area contributed by atoms with Gasteiger partial charge in [-0.3, -0.25) is 0 Å². The molecule has 14 heavy (non-hydrogen) atoms. The number of nitrogens with zero attached hydrogens (tertiary/aromatic N) is 1. The predicted molar refractivity (Wildman–Crippen MR) is 40.5 cm³/mol. The number of ether oxygens (including phenoxy) is 1. The van der Waals surface area contributed by atoms with Crippen LogP contribution < -0.4 is 0 Å². The molecule has 0 fully saturated rings. The maximum atomic E-state index is 13.0. The quantitative estimate of drug-likeness (QED) is 0.692. The molecule has 0 aromatic carbocycles. The van der Waals surface area contributed by atoms with E-state index < -0.39 is 29.5 Å². The van der Waals surface area contributed by atoms with E-state index in [1.165, 1.54) is 0 Å². The van der Waals surface area contributed by atoms with Crippen LogP contribution in [-0.2, 0) is 4.74 Å². The summed E-state index contributed by atoms with van der Waals surface area (Å²) in [5, 5.41) is 0. The first-order valence-corrected chi connectivity index (χ1v) is 3.58. The Morgan fingerprint density at radius 1 is 1.57 bits per heavy atom. The molecule has 0 aliphatic rings. The summed E-state index contributed by atoms with van der Waals surface area (Å²) in [6.07, 6.45) is -2.08. The minimum atomic E-state index is -2.82. The molecular weight excluding hydrogens is 199 g/mol. The number of carbonyl (C=O) groups excluding carboxylic acids is 1. The SMILES string of the molecule is COC(=O)c1ncc(C(F)F)cc1F. The molecule has 0 amide bonds. The summed E-state index contributed by atoms with van der Waals surface area (Å²) in [5.41, 5.74) is -1.17. The maximum Gasteiger partial charge on any atom is 0.359 e. The number of aromatic nitrogens is 1. The van der Waals surface area contributed by atoms with Crippen LogP contribution in [0.2, 0.25) is 0 Å². The molecule has 0 spiro atoms. The van der Waals surface area contributed by atoms with Crippen LogP contribution in [0.5, 0.6) is 0 Å². The molecule has 0 bridgehead atoms. The Labute approximate surface area is 77.5 Å². The highest BCUT2D eigenvalue weighted by molar-refractivity contribution is 5.87. The Balaban J connectivity index is 3.07. The summed E-state index contributed by atoms with van der Waals surface area (Å²) in [6, 6.07) is 0.559. The standard InChI is InChI=1S/C8H6F3NO2/c1-14-8(13)6-5(9)2-4(3-12-6)7(10)11/h2-3,7H,1H3. The fourth-order valence-corrected chi connectivity index (χ4v) is 0.819. The van der Waals surface area contributed by atoms with Crippen LogP contribution in [0.4, 0.5) is 13.2 Å². The van der Waals surface area contributed by atoms with Crippen molar-refractivity contribution in [2.24, 2.45) is 0 Å². The lowest BCUT2D eigenvalue weighted by molar-refractivity contribution is 0.0587. The number of esters is 1. The third-order valence-electron chi connectivity index (χ3n) is 1.49. The lowest BCUT2D eigenvalue weighted by Crippen LogP contribution is -2.08. The summed E-state index contributed by atoms with van der Waals surface area (Å²) in [6.45, 7) is 0. The lowest BCUT2D eigenvalue weighted by Gasteiger charge is -2.02. The molecule has 0 aliphatic carbocycles. The van der Waals surface area contributed by atoms with E-state index in [-0.39, 0.29) is 0 Å². The second kappa shape index (κ2) is 4.08. The average molecular weight is 205 g/mol. The second-order valence-electron chi connectivity index (χ2n) is 2.39. The molecule has 0 N–H and O–H groups in total. The van der Waals surface area contributed by atoms with Crippen molar-refractivity contribution in [2.75, 3.05) is 7.11 Å². The van der Waals surface area contributed by atoms with Gasteiger partial charge in [-0.15, -0.1) is 0 Å². The van der Waals surface area contributed by atoms with Crippen LogP contribution in [0.15, 0.2) is 12.3 Å². The fourth-order valence-electron chi connectivity index (χ4n) is 0.819. The van der Waals surface area contributed by atoms with E-state index in [2.05, 4.69) is 9.72 Å². The van der Waals surface area contributed by atoms with E-state index in [0.29, 0.717) is 6.07 Å². The van der Waals surface area contributed by atoms with Gasteiger partial charge in [0.25, 0.3) is 6.43 Å². The molecule has 0 atom stereocenters. The van der Waals surface area contributed by atoms with Gasteiger partial charge in [-0.1, -0.05) is 0 Å². The van der Waals surface area contributed by atoms with Gasteiger partial charge in [0.15, 0.2) is 11.5 Å². The van der Waals surface area contributed by atoms with Crippen molar-refractivity contribution in [1.82, 2.24) is 4.98 Å². The van der Waals surface area contributed by atoms with Gasteiger partial charge in [-0.25, -0.2) is 22.9 Å². The Morgan fingerprint density at radius 2 is 2.21 bits per heavy atom. The molecule has 6 heteroatoms. The first-order chi connectivity index (χ1) is 6.56. The summed E-state index contributed by atoms with van der Waals surface area (Å²) < 4.78 is 41.2.